The molecule has 0 aliphatic carbocycles. The molecule has 0 saturated carbocycles. The van der Waals surface area contributed by atoms with E-state index >= 15 is 0 Å². The van der Waals surface area contributed by atoms with Gasteiger partial charge in [0.1, 0.15) is 5.01 Å². The monoisotopic (exact) mass is 201 g/mol. The predicted molar refractivity (Wildman–Crippen MR) is 57.9 cm³/mol. The Bertz CT molecular complexity index is 232. The maximum Gasteiger partial charge on any atom is 0.103 e. The molecule has 68 valence electrons. The summed E-state index contributed by atoms with van der Waals surface area (Å²) in [6, 6.07) is 0. The standard InChI is InChI=1S/C9H15NS2/c1-4-8(3)11-6-9-10-7(2)5-12-9/h5,8H,4,6H2,1-3H3. The smallest absolute Gasteiger partial charge is 0.103 e. The Balaban J connectivity index is 2.33. The molecule has 0 N–H and O–H groups in total. The molecule has 0 aromatic carbocycles. The second-order valence-electron chi connectivity index (χ2n) is 2.91. The van der Waals surface area contributed by atoms with Crippen molar-refractivity contribution in [3.05, 3.63) is 16.1 Å². The van der Waals surface area contributed by atoms with Crippen LogP contribution in [0.5, 0.6) is 0 Å². The van der Waals surface area contributed by atoms with Crippen molar-refractivity contribution in [2.75, 3.05) is 0 Å². The Morgan fingerprint density at radius 2 is 2.42 bits per heavy atom. The summed E-state index contributed by atoms with van der Waals surface area (Å²) in [6.07, 6.45) is 1.25. The molecule has 0 saturated heterocycles. The summed E-state index contributed by atoms with van der Waals surface area (Å²) in [6.45, 7) is 6.55. The van der Waals surface area contributed by atoms with Crippen LogP contribution < -0.4 is 0 Å². The summed E-state index contributed by atoms with van der Waals surface area (Å²) in [7, 11) is 0. The van der Waals surface area contributed by atoms with Crippen LogP contribution in [0.1, 0.15) is 31.0 Å². The van der Waals surface area contributed by atoms with Crippen LogP contribution in [0.3, 0.4) is 0 Å². The minimum absolute atomic E-state index is 0.759. The average molecular weight is 201 g/mol. The predicted octanol–water partition coefficient (Wildman–Crippen LogP) is 3.48. The van der Waals surface area contributed by atoms with Gasteiger partial charge in [0.2, 0.25) is 0 Å². The molecule has 0 bridgehead atoms. The van der Waals surface area contributed by atoms with Gasteiger partial charge in [-0.25, -0.2) is 4.98 Å². The molecule has 0 amide bonds. The van der Waals surface area contributed by atoms with Crippen molar-refractivity contribution >= 4 is 23.1 Å². The van der Waals surface area contributed by atoms with Crippen molar-refractivity contribution in [1.82, 2.24) is 4.98 Å². The molecule has 1 aromatic rings. The molecule has 1 unspecified atom stereocenters. The Kier molecular flexibility index (Phi) is 4.09. The number of hydrogen-bond acceptors (Lipinski definition) is 3. The number of thiazole rings is 1. The molecule has 1 rings (SSSR count). The first-order valence-corrected chi connectivity index (χ1v) is 6.17. The number of thioether (sulfide) groups is 1. The van der Waals surface area contributed by atoms with Crippen LogP contribution in [-0.4, -0.2) is 10.2 Å². The highest BCUT2D eigenvalue weighted by Gasteiger charge is 2.02. The summed E-state index contributed by atoms with van der Waals surface area (Å²) in [5.74, 6) is 1.08. The van der Waals surface area contributed by atoms with E-state index in [1.807, 2.05) is 18.7 Å². The first-order valence-electron chi connectivity index (χ1n) is 4.25. The fourth-order valence-electron chi connectivity index (χ4n) is 0.800. The quantitative estimate of drug-likeness (QED) is 0.739. The highest BCUT2D eigenvalue weighted by molar-refractivity contribution is 7.99. The molecular weight excluding hydrogens is 186 g/mol. The number of hydrogen-bond donors (Lipinski definition) is 0. The van der Waals surface area contributed by atoms with Gasteiger partial charge < -0.3 is 0 Å². The third-order valence-corrected chi connectivity index (χ3v) is 4.22. The van der Waals surface area contributed by atoms with Crippen molar-refractivity contribution in [2.24, 2.45) is 0 Å². The molecule has 0 radical (unpaired) electrons. The lowest BCUT2D eigenvalue weighted by Gasteiger charge is -2.04. The van der Waals surface area contributed by atoms with Gasteiger partial charge in [-0.3, -0.25) is 0 Å². The molecular formula is C9H15NS2. The maximum atomic E-state index is 4.41. The summed E-state index contributed by atoms with van der Waals surface area (Å²) < 4.78 is 0. The van der Waals surface area contributed by atoms with Gasteiger partial charge in [-0.05, 0) is 13.3 Å². The summed E-state index contributed by atoms with van der Waals surface area (Å²) >= 11 is 3.76. The zero-order valence-corrected chi connectivity index (χ0v) is 9.47. The van der Waals surface area contributed by atoms with Gasteiger partial charge in [-0.1, -0.05) is 13.8 Å². The summed E-state index contributed by atoms with van der Waals surface area (Å²) in [4.78, 5) is 4.41. The normalized spacial score (nSPS) is 13.2. The highest BCUT2D eigenvalue weighted by Crippen LogP contribution is 2.21. The summed E-state index contributed by atoms with van der Waals surface area (Å²) in [5, 5.41) is 4.14. The van der Waals surface area contributed by atoms with Crippen LogP contribution in [0.25, 0.3) is 0 Å². The Morgan fingerprint density at radius 1 is 1.67 bits per heavy atom. The zero-order chi connectivity index (χ0) is 8.97. The first-order chi connectivity index (χ1) is 5.72. The molecule has 0 fully saturated rings. The second kappa shape index (κ2) is 4.87. The van der Waals surface area contributed by atoms with Crippen molar-refractivity contribution in [1.29, 1.82) is 0 Å². The molecule has 1 atom stereocenters. The Morgan fingerprint density at radius 3 is 2.92 bits per heavy atom. The number of nitrogens with zero attached hydrogens (tertiary/aromatic N) is 1. The number of aryl methyl sites for hydroxylation is 1. The summed E-state index contributed by atoms with van der Waals surface area (Å²) in [5.41, 5.74) is 1.15. The largest absolute Gasteiger partial charge is 0.246 e. The van der Waals surface area contributed by atoms with E-state index in [2.05, 4.69) is 24.2 Å². The van der Waals surface area contributed by atoms with Gasteiger partial charge >= 0.3 is 0 Å². The number of rotatable bonds is 4. The average Bonchev–Trinajstić information content (AvgIpc) is 2.47. The van der Waals surface area contributed by atoms with E-state index in [0.717, 1.165) is 16.7 Å². The van der Waals surface area contributed by atoms with E-state index < -0.39 is 0 Å². The van der Waals surface area contributed by atoms with E-state index in [4.69, 9.17) is 0 Å². The van der Waals surface area contributed by atoms with Crippen LogP contribution in [0.15, 0.2) is 5.38 Å². The lowest BCUT2D eigenvalue weighted by Crippen LogP contribution is -1.93. The highest BCUT2D eigenvalue weighted by atomic mass is 32.2. The Hall–Kier alpha value is -0.0200. The van der Waals surface area contributed by atoms with Gasteiger partial charge in [0.15, 0.2) is 0 Å². The van der Waals surface area contributed by atoms with Crippen LogP contribution in [-0.2, 0) is 5.75 Å². The van der Waals surface area contributed by atoms with Crippen molar-refractivity contribution in [2.45, 2.75) is 38.2 Å². The Labute approximate surface area is 82.6 Å². The fourth-order valence-corrected chi connectivity index (χ4v) is 2.56. The molecule has 1 aromatic heterocycles. The molecule has 1 nitrogen and oxygen atoms in total. The number of aromatic nitrogens is 1. The minimum Gasteiger partial charge on any atom is -0.246 e. The third-order valence-electron chi connectivity index (χ3n) is 1.73. The molecule has 0 aliphatic rings. The van der Waals surface area contributed by atoms with Crippen LogP contribution in [0.2, 0.25) is 0 Å². The van der Waals surface area contributed by atoms with E-state index in [-0.39, 0.29) is 0 Å². The molecule has 3 heteroatoms. The fraction of sp³-hybridized carbons (Fsp3) is 0.667. The first kappa shape index (κ1) is 10.1. The van der Waals surface area contributed by atoms with Crippen molar-refractivity contribution in [3.8, 4) is 0 Å². The minimum atomic E-state index is 0.759. The lowest BCUT2D eigenvalue weighted by atomic mass is 10.4. The van der Waals surface area contributed by atoms with E-state index in [1.165, 1.54) is 11.4 Å². The lowest BCUT2D eigenvalue weighted by molar-refractivity contribution is 0.905. The maximum absolute atomic E-state index is 4.41. The molecule has 1 heterocycles. The van der Waals surface area contributed by atoms with E-state index in [9.17, 15) is 0 Å². The molecule has 0 aliphatic heterocycles. The molecule has 0 spiro atoms. The second-order valence-corrected chi connectivity index (χ2v) is 5.28. The van der Waals surface area contributed by atoms with Gasteiger partial charge in [0, 0.05) is 22.1 Å². The van der Waals surface area contributed by atoms with Crippen molar-refractivity contribution < 1.29 is 0 Å². The SMILES string of the molecule is CCC(C)SCc1nc(C)cs1. The van der Waals surface area contributed by atoms with Gasteiger partial charge in [0.05, 0.1) is 0 Å². The van der Waals surface area contributed by atoms with E-state index in [1.54, 1.807) is 11.3 Å². The van der Waals surface area contributed by atoms with Gasteiger partial charge in [0.25, 0.3) is 0 Å². The van der Waals surface area contributed by atoms with Gasteiger partial charge in [-0.2, -0.15) is 11.8 Å². The zero-order valence-electron chi connectivity index (χ0n) is 7.83. The van der Waals surface area contributed by atoms with E-state index in [0.29, 0.717) is 0 Å². The third kappa shape index (κ3) is 3.15. The van der Waals surface area contributed by atoms with Crippen LogP contribution in [0.4, 0.5) is 0 Å². The van der Waals surface area contributed by atoms with Gasteiger partial charge in [-0.15, -0.1) is 11.3 Å². The topological polar surface area (TPSA) is 12.9 Å². The van der Waals surface area contributed by atoms with Crippen LogP contribution >= 0.6 is 23.1 Å². The van der Waals surface area contributed by atoms with Crippen LogP contribution in [0, 0.1) is 6.92 Å². The molecule has 12 heavy (non-hydrogen) atoms. The van der Waals surface area contributed by atoms with Crippen molar-refractivity contribution in [3.63, 3.8) is 0 Å².